The highest BCUT2D eigenvalue weighted by molar-refractivity contribution is 7.98. The van der Waals surface area contributed by atoms with E-state index in [1.807, 2.05) is 56.3 Å². The van der Waals surface area contributed by atoms with Crippen LogP contribution in [0, 0.1) is 0 Å². The van der Waals surface area contributed by atoms with Gasteiger partial charge < -0.3 is 10.2 Å². The predicted molar refractivity (Wildman–Crippen MR) is 128 cm³/mol. The maximum absolute atomic E-state index is 12.3. The van der Waals surface area contributed by atoms with Gasteiger partial charge in [-0.2, -0.15) is 0 Å². The van der Waals surface area contributed by atoms with E-state index in [1.165, 1.54) is 12.8 Å². The zero-order valence-corrected chi connectivity index (χ0v) is 18.9. The van der Waals surface area contributed by atoms with Gasteiger partial charge >= 0.3 is 0 Å². The van der Waals surface area contributed by atoms with Crippen molar-refractivity contribution in [2.45, 2.75) is 43.6 Å². The molecule has 2 aromatic carbocycles. The Hall–Kier alpha value is -2.86. The highest BCUT2D eigenvalue weighted by atomic mass is 32.2. The lowest BCUT2D eigenvalue weighted by molar-refractivity contribution is 0.0943. The van der Waals surface area contributed by atoms with Gasteiger partial charge in [-0.15, -0.1) is 0 Å². The Morgan fingerprint density at radius 3 is 2.55 bits per heavy atom. The van der Waals surface area contributed by atoms with Gasteiger partial charge in [-0.3, -0.25) is 4.79 Å². The molecular weight excluding hydrogens is 404 g/mol. The van der Waals surface area contributed by atoms with Crippen LogP contribution in [0.1, 0.15) is 42.6 Å². The van der Waals surface area contributed by atoms with E-state index >= 15 is 0 Å². The molecule has 4 rings (SSSR count). The average molecular weight is 433 g/mol. The molecule has 0 saturated carbocycles. The second-order valence-electron chi connectivity index (χ2n) is 8.07. The molecule has 1 N–H and O–H groups in total. The number of carbonyl (C=O) groups excluding carboxylic acids is 1. The smallest absolute Gasteiger partial charge is 0.251 e. The molecule has 1 saturated heterocycles. The number of aromatic nitrogens is 2. The van der Waals surface area contributed by atoms with Crippen LogP contribution in [0.2, 0.25) is 0 Å². The van der Waals surface area contributed by atoms with Crippen molar-refractivity contribution in [1.82, 2.24) is 15.3 Å². The zero-order chi connectivity index (χ0) is 21.6. The van der Waals surface area contributed by atoms with E-state index in [-0.39, 0.29) is 11.9 Å². The van der Waals surface area contributed by atoms with E-state index < -0.39 is 0 Å². The van der Waals surface area contributed by atoms with Gasteiger partial charge in [0.15, 0.2) is 5.16 Å². The lowest BCUT2D eigenvalue weighted by Gasteiger charge is -2.18. The number of nitrogens with one attached hydrogen (secondary N) is 1. The molecular formula is C25H28N4OS. The van der Waals surface area contributed by atoms with Gasteiger partial charge in [0, 0.05) is 42.1 Å². The fourth-order valence-corrected chi connectivity index (χ4v) is 4.43. The maximum atomic E-state index is 12.3. The molecule has 1 aliphatic heterocycles. The topological polar surface area (TPSA) is 58.1 Å². The molecule has 0 bridgehead atoms. The third-order valence-corrected chi connectivity index (χ3v) is 6.09. The molecule has 0 radical (unpaired) electrons. The zero-order valence-electron chi connectivity index (χ0n) is 18.0. The quantitative estimate of drug-likeness (QED) is 0.412. The van der Waals surface area contributed by atoms with E-state index in [2.05, 4.69) is 28.4 Å². The predicted octanol–water partition coefficient (Wildman–Crippen LogP) is 5.17. The summed E-state index contributed by atoms with van der Waals surface area (Å²) in [6, 6.07) is 20.2. The van der Waals surface area contributed by atoms with Gasteiger partial charge in [0.1, 0.15) is 5.82 Å². The Kier molecular flexibility index (Phi) is 6.87. The number of benzene rings is 2. The SMILES string of the molecule is CC(C)NC(=O)c1cccc(CSc2nc(-c3ccccc3)cc(N3CCCC3)n2)c1. The molecule has 1 fully saturated rings. The first-order valence-electron chi connectivity index (χ1n) is 10.8. The maximum Gasteiger partial charge on any atom is 0.251 e. The number of hydrogen-bond acceptors (Lipinski definition) is 5. The molecule has 0 aliphatic carbocycles. The van der Waals surface area contributed by atoms with Crippen molar-refractivity contribution >= 4 is 23.5 Å². The number of thioether (sulfide) groups is 1. The van der Waals surface area contributed by atoms with E-state index in [1.54, 1.807) is 11.8 Å². The van der Waals surface area contributed by atoms with Crippen LogP contribution in [0.15, 0.2) is 65.8 Å². The van der Waals surface area contributed by atoms with E-state index in [0.29, 0.717) is 11.3 Å². The van der Waals surface area contributed by atoms with Crippen LogP contribution >= 0.6 is 11.8 Å². The standard InChI is InChI=1S/C25H28N4OS/c1-18(2)26-24(30)21-12-8-9-19(15-21)17-31-25-27-22(20-10-4-3-5-11-20)16-23(28-25)29-13-6-7-14-29/h3-5,8-12,15-16,18H,6-7,13-14,17H2,1-2H3,(H,26,30). The first-order chi connectivity index (χ1) is 15.1. The first-order valence-corrected chi connectivity index (χ1v) is 11.8. The third-order valence-electron chi connectivity index (χ3n) is 5.17. The molecule has 0 atom stereocenters. The number of anilines is 1. The first kappa shape index (κ1) is 21.4. The van der Waals surface area contributed by atoms with Crippen molar-refractivity contribution in [3.05, 3.63) is 71.8 Å². The molecule has 1 amide bonds. The van der Waals surface area contributed by atoms with Gasteiger partial charge in [0.05, 0.1) is 5.69 Å². The van der Waals surface area contributed by atoms with Crippen molar-refractivity contribution < 1.29 is 4.79 Å². The summed E-state index contributed by atoms with van der Waals surface area (Å²) in [6.45, 7) is 6.02. The van der Waals surface area contributed by atoms with Crippen molar-refractivity contribution in [3.63, 3.8) is 0 Å². The van der Waals surface area contributed by atoms with Gasteiger partial charge in [0.2, 0.25) is 0 Å². The Morgan fingerprint density at radius 2 is 1.81 bits per heavy atom. The van der Waals surface area contributed by atoms with Crippen molar-refractivity contribution in [3.8, 4) is 11.3 Å². The van der Waals surface area contributed by atoms with Crippen LogP contribution in [-0.4, -0.2) is 35.0 Å². The Balaban J connectivity index is 1.55. The molecule has 5 nitrogen and oxygen atoms in total. The largest absolute Gasteiger partial charge is 0.356 e. The Labute approximate surface area is 188 Å². The fraction of sp³-hybridized carbons (Fsp3) is 0.320. The highest BCUT2D eigenvalue weighted by Gasteiger charge is 2.17. The summed E-state index contributed by atoms with van der Waals surface area (Å²) in [6.07, 6.45) is 2.41. The second-order valence-corrected chi connectivity index (χ2v) is 9.01. The summed E-state index contributed by atoms with van der Waals surface area (Å²) >= 11 is 1.61. The van der Waals surface area contributed by atoms with Crippen molar-refractivity contribution in [2.75, 3.05) is 18.0 Å². The van der Waals surface area contributed by atoms with Gasteiger partial charge in [-0.05, 0) is 44.4 Å². The molecule has 2 heterocycles. The van der Waals surface area contributed by atoms with Crippen LogP contribution in [0.4, 0.5) is 5.82 Å². The van der Waals surface area contributed by atoms with Gasteiger partial charge in [-0.1, -0.05) is 54.2 Å². The summed E-state index contributed by atoms with van der Waals surface area (Å²) in [5.74, 6) is 1.67. The van der Waals surface area contributed by atoms with E-state index in [4.69, 9.17) is 9.97 Å². The monoisotopic (exact) mass is 432 g/mol. The normalized spacial score (nSPS) is 13.6. The minimum Gasteiger partial charge on any atom is -0.356 e. The summed E-state index contributed by atoms with van der Waals surface area (Å²) in [4.78, 5) is 24.4. The van der Waals surface area contributed by atoms with Crippen molar-refractivity contribution in [2.24, 2.45) is 0 Å². The number of rotatable bonds is 7. The molecule has 6 heteroatoms. The van der Waals surface area contributed by atoms with E-state index in [0.717, 1.165) is 40.9 Å². The minimum absolute atomic E-state index is 0.0412. The lowest BCUT2D eigenvalue weighted by Crippen LogP contribution is -2.30. The molecule has 1 aromatic heterocycles. The van der Waals surface area contributed by atoms with Crippen LogP contribution in [0.5, 0.6) is 0 Å². The number of hydrogen-bond donors (Lipinski definition) is 1. The molecule has 160 valence electrons. The molecule has 1 aliphatic rings. The molecule has 3 aromatic rings. The van der Waals surface area contributed by atoms with Crippen molar-refractivity contribution in [1.29, 1.82) is 0 Å². The molecule has 0 unspecified atom stereocenters. The average Bonchev–Trinajstić information content (AvgIpc) is 3.33. The minimum atomic E-state index is -0.0412. The second kappa shape index (κ2) is 9.96. The summed E-state index contributed by atoms with van der Waals surface area (Å²) < 4.78 is 0. The Bertz CT molecular complexity index is 1030. The molecule has 0 spiro atoms. The summed E-state index contributed by atoms with van der Waals surface area (Å²) in [7, 11) is 0. The molecule has 31 heavy (non-hydrogen) atoms. The third kappa shape index (κ3) is 5.64. The lowest BCUT2D eigenvalue weighted by atomic mass is 10.1. The van der Waals surface area contributed by atoms with Gasteiger partial charge in [0.25, 0.3) is 5.91 Å². The fourth-order valence-electron chi connectivity index (χ4n) is 3.64. The van der Waals surface area contributed by atoms with E-state index in [9.17, 15) is 4.79 Å². The summed E-state index contributed by atoms with van der Waals surface area (Å²) in [5.41, 5.74) is 3.81. The van der Waals surface area contributed by atoms with Crippen LogP contribution in [-0.2, 0) is 5.75 Å². The van der Waals surface area contributed by atoms with Crippen LogP contribution in [0.3, 0.4) is 0 Å². The summed E-state index contributed by atoms with van der Waals surface area (Å²) in [5, 5.41) is 3.71. The van der Waals surface area contributed by atoms with Crippen LogP contribution in [0.25, 0.3) is 11.3 Å². The van der Waals surface area contributed by atoms with Crippen LogP contribution < -0.4 is 10.2 Å². The Morgan fingerprint density at radius 1 is 1.03 bits per heavy atom. The number of amides is 1. The highest BCUT2D eigenvalue weighted by Crippen LogP contribution is 2.29. The number of carbonyl (C=O) groups is 1. The van der Waals surface area contributed by atoms with Gasteiger partial charge in [-0.25, -0.2) is 9.97 Å². The number of nitrogens with zero attached hydrogens (tertiary/aromatic N) is 3.